The van der Waals surface area contributed by atoms with E-state index in [1.807, 2.05) is 12.1 Å². The van der Waals surface area contributed by atoms with Crippen molar-refractivity contribution in [2.75, 3.05) is 23.9 Å². The maximum atomic E-state index is 2.23. The van der Waals surface area contributed by atoms with Crippen LogP contribution in [0, 0.1) is 0 Å². The molecule has 0 amide bonds. The van der Waals surface area contributed by atoms with Crippen LogP contribution >= 0.6 is 0 Å². The van der Waals surface area contributed by atoms with E-state index in [4.69, 9.17) is 0 Å². The predicted molar refractivity (Wildman–Crippen MR) is 74.7 cm³/mol. The van der Waals surface area contributed by atoms with Crippen molar-refractivity contribution < 1.29 is 24.2 Å². The first-order valence-electron chi connectivity index (χ1n) is 5.86. The molecule has 0 radical (unpaired) electrons. The maximum absolute atomic E-state index is 2.23. The predicted octanol–water partition coefficient (Wildman–Crippen LogP) is 2.89. The molecule has 2 aromatic rings. The molecule has 0 fully saturated rings. The molecule has 2 aromatic carbocycles. The van der Waals surface area contributed by atoms with Gasteiger partial charge in [-0.1, -0.05) is 0 Å². The van der Waals surface area contributed by atoms with Crippen LogP contribution in [0.3, 0.4) is 0 Å². The molecule has 88 valence electrons. The van der Waals surface area contributed by atoms with Crippen molar-refractivity contribution in [3.8, 4) is 0 Å². The van der Waals surface area contributed by atoms with Gasteiger partial charge in [-0.25, -0.2) is 0 Å². The zero-order chi connectivity index (χ0) is 13.0. The Morgan fingerprint density at radius 1 is 0.722 bits per heavy atom. The molecule has 0 heterocycles. The molecule has 2 nitrogen and oxygen atoms in total. The Labute approximate surface area is 123 Å². The second-order valence-corrected chi connectivity index (χ2v) is 5.21. The zero-order valence-corrected chi connectivity index (χ0v) is 13.1. The number of hydrogen-bond donors (Lipinski definition) is 0. The number of anilines is 2. The van der Waals surface area contributed by atoms with Gasteiger partial charge in [0.05, 0.1) is 0 Å². The van der Waals surface area contributed by atoms with E-state index in [2.05, 4.69) is 72.4 Å². The Balaban J connectivity index is 2.17. The molecule has 0 aliphatic carbocycles. The third-order valence-corrected chi connectivity index (χ3v) is 4.57. The van der Waals surface area contributed by atoms with Crippen LogP contribution in [0.1, 0.15) is 0 Å². The van der Waals surface area contributed by atoms with Crippen molar-refractivity contribution in [2.45, 2.75) is 0 Å². The van der Waals surface area contributed by atoms with E-state index >= 15 is 0 Å². The van der Waals surface area contributed by atoms with Crippen LogP contribution in [0.4, 0.5) is 11.4 Å². The monoisotopic (exact) mass is 314 g/mol. The normalized spacial score (nSPS) is 10.0. The van der Waals surface area contributed by atoms with Gasteiger partial charge < -0.3 is 0 Å². The van der Waals surface area contributed by atoms with Gasteiger partial charge in [-0.05, 0) is 0 Å². The van der Waals surface area contributed by atoms with E-state index in [1.165, 1.54) is 39.1 Å². The first-order valence-corrected chi connectivity index (χ1v) is 7.09. The van der Waals surface area contributed by atoms with Crippen LogP contribution in [-0.2, 0) is 24.2 Å². The van der Waals surface area contributed by atoms with E-state index in [-0.39, 0.29) is 0 Å². The van der Waals surface area contributed by atoms with Gasteiger partial charge in [-0.3, -0.25) is 0 Å². The van der Waals surface area contributed by atoms with Crippen LogP contribution in [0.2, 0.25) is 0 Å². The Kier molecular flexibility index (Phi) is 4.49. The third kappa shape index (κ3) is 2.97. The molecule has 0 saturated heterocycles. The van der Waals surface area contributed by atoms with Gasteiger partial charge >= 0.3 is 124 Å². The molecule has 0 aliphatic heterocycles. The summed E-state index contributed by atoms with van der Waals surface area (Å²) < 4.78 is 1.28. The van der Waals surface area contributed by atoms with Crippen molar-refractivity contribution in [1.29, 1.82) is 0 Å². The van der Waals surface area contributed by atoms with E-state index in [0.29, 0.717) is 0 Å². The minimum absolute atomic E-state index is 1.21. The molecule has 0 unspecified atom stereocenters. The van der Waals surface area contributed by atoms with E-state index < -0.39 is 0 Å². The van der Waals surface area contributed by atoms with E-state index in [9.17, 15) is 0 Å². The average Bonchev–Trinajstić information content (AvgIpc) is 2.47. The fraction of sp³-hybridized carbons (Fsp3) is 0.133. The summed E-state index contributed by atoms with van der Waals surface area (Å²) >= 11 is 1.39. The summed E-state index contributed by atoms with van der Waals surface area (Å²) in [7, 11) is 4.22. The summed E-state index contributed by atoms with van der Waals surface area (Å²) in [6, 6.07) is 20.9. The quantitative estimate of drug-likeness (QED) is 0.856. The second-order valence-electron chi connectivity index (χ2n) is 4.11. The number of benzene rings is 2. The molecule has 0 spiro atoms. The number of hydrogen-bond acceptors (Lipinski definition) is 2. The summed E-state index contributed by atoms with van der Waals surface area (Å²) in [5.74, 6) is 0. The molecule has 2 rings (SSSR count). The van der Waals surface area contributed by atoms with Gasteiger partial charge in [0.15, 0.2) is 0 Å². The summed E-state index contributed by atoms with van der Waals surface area (Å²) in [6.07, 6.45) is 0. The third-order valence-electron chi connectivity index (χ3n) is 2.92. The van der Waals surface area contributed by atoms with Crippen molar-refractivity contribution in [3.05, 3.63) is 60.7 Å². The van der Waals surface area contributed by atoms with Crippen LogP contribution in [0.5, 0.6) is 0 Å². The van der Waals surface area contributed by atoms with Gasteiger partial charge in [-0.2, -0.15) is 0 Å². The van der Waals surface area contributed by atoms with E-state index in [1.54, 1.807) is 0 Å². The first kappa shape index (κ1) is 13.2. The standard InChI is InChI=1S/C15H16N2.Zr/c1-16(14-9-5-3-6-10-14)13-17(2)15-11-7-4-8-12-15;/h3-12H,1-2H3;/q;+2. The fourth-order valence-corrected chi connectivity index (χ4v) is 2.41. The summed E-state index contributed by atoms with van der Waals surface area (Å²) in [6.45, 7) is 0. The van der Waals surface area contributed by atoms with Crippen LogP contribution in [-0.4, -0.2) is 17.5 Å². The average molecular weight is 316 g/mol. The SMILES string of the molecule is CN([C](=[Zr+2])N(C)c1ccccc1)c1ccccc1. The summed E-state index contributed by atoms with van der Waals surface area (Å²) in [5.41, 5.74) is 2.43. The van der Waals surface area contributed by atoms with Gasteiger partial charge in [0.25, 0.3) is 0 Å². The van der Waals surface area contributed by atoms with Gasteiger partial charge in [0.1, 0.15) is 0 Å². The summed E-state index contributed by atoms with van der Waals surface area (Å²) in [5, 5.41) is 0. The second kappa shape index (κ2) is 6.10. The minimum atomic E-state index is 1.21. The molecule has 18 heavy (non-hydrogen) atoms. The molecule has 0 atom stereocenters. The molecule has 0 N–H and O–H groups in total. The first-order chi connectivity index (χ1) is 8.70. The molecule has 0 saturated carbocycles. The Morgan fingerprint density at radius 3 is 1.39 bits per heavy atom. The number of rotatable bonds is 4. The zero-order valence-electron chi connectivity index (χ0n) is 10.7. The van der Waals surface area contributed by atoms with E-state index in [0.717, 1.165) is 0 Å². The topological polar surface area (TPSA) is 6.48 Å². The molecular weight excluding hydrogens is 299 g/mol. The number of para-hydroxylation sites is 2. The van der Waals surface area contributed by atoms with Crippen LogP contribution < -0.4 is 9.80 Å². The Bertz CT molecular complexity index is 463. The summed E-state index contributed by atoms with van der Waals surface area (Å²) in [4.78, 5) is 4.46. The molecule has 0 bridgehead atoms. The Hall–Kier alpha value is -1.21. The van der Waals surface area contributed by atoms with Crippen molar-refractivity contribution >= 4 is 14.8 Å². The van der Waals surface area contributed by atoms with Gasteiger partial charge in [-0.15, -0.1) is 0 Å². The molecular formula is C15H16N2Zr+2. The molecule has 0 aliphatic rings. The molecule has 3 heteroatoms. The van der Waals surface area contributed by atoms with Crippen molar-refractivity contribution in [3.63, 3.8) is 0 Å². The van der Waals surface area contributed by atoms with Gasteiger partial charge in [0.2, 0.25) is 0 Å². The number of nitrogens with zero attached hydrogens (tertiary/aromatic N) is 2. The van der Waals surface area contributed by atoms with Crippen LogP contribution in [0.25, 0.3) is 0 Å². The fourth-order valence-electron chi connectivity index (χ4n) is 1.77. The van der Waals surface area contributed by atoms with Gasteiger partial charge in [0, 0.05) is 0 Å². The van der Waals surface area contributed by atoms with Crippen LogP contribution in [0.15, 0.2) is 60.7 Å². The van der Waals surface area contributed by atoms with Crippen molar-refractivity contribution in [1.82, 2.24) is 0 Å². The van der Waals surface area contributed by atoms with Crippen molar-refractivity contribution in [2.24, 2.45) is 0 Å². The molecule has 0 aromatic heterocycles. The Morgan fingerprint density at radius 2 is 1.06 bits per heavy atom.